The number of fused-ring (bicyclic) bond motifs is 1. The lowest BCUT2D eigenvalue weighted by Crippen LogP contribution is -2.22. The average Bonchev–Trinajstić information content (AvgIpc) is 3.26. The number of rotatable bonds is 3. The molecule has 1 N–H and O–H groups in total. The van der Waals surface area contributed by atoms with Gasteiger partial charge in [-0.05, 0) is 24.1 Å². The van der Waals surface area contributed by atoms with E-state index in [2.05, 4.69) is 25.1 Å². The van der Waals surface area contributed by atoms with Crippen molar-refractivity contribution in [3.05, 3.63) is 59.0 Å². The van der Waals surface area contributed by atoms with E-state index < -0.39 is 0 Å². The van der Waals surface area contributed by atoms with Crippen molar-refractivity contribution >= 4 is 5.78 Å². The second-order valence-electron chi connectivity index (χ2n) is 5.71. The first kappa shape index (κ1) is 14.3. The molecule has 0 unspecified atom stereocenters. The Morgan fingerprint density at radius 1 is 1.21 bits per heavy atom. The first-order valence-electron chi connectivity index (χ1n) is 7.57. The van der Waals surface area contributed by atoms with Crippen LogP contribution in [0.4, 0.5) is 0 Å². The summed E-state index contributed by atoms with van der Waals surface area (Å²) in [4.78, 5) is 25.7. The SMILES string of the molecule is CC(C)c1c(-c2ccc(-n3cccn3)nc2)nc2nc[nH]n2c1=O. The quantitative estimate of drug-likeness (QED) is 0.621. The van der Waals surface area contributed by atoms with Crippen LogP contribution in [-0.4, -0.2) is 34.3 Å². The van der Waals surface area contributed by atoms with Crippen molar-refractivity contribution in [2.45, 2.75) is 19.8 Å². The molecule has 0 aliphatic rings. The number of nitrogens with zero attached hydrogens (tertiary/aromatic N) is 6. The van der Waals surface area contributed by atoms with Crippen molar-refractivity contribution in [2.24, 2.45) is 0 Å². The molecule has 4 aromatic rings. The van der Waals surface area contributed by atoms with Crippen molar-refractivity contribution in [2.75, 3.05) is 0 Å². The maximum atomic E-state index is 12.7. The van der Waals surface area contributed by atoms with Crippen molar-refractivity contribution in [1.29, 1.82) is 0 Å². The van der Waals surface area contributed by atoms with Gasteiger partial charge in [-0.2, -0.15) is 9.61 Å². The molecule has 0 fully saturated rings. The van der Waals surface area contributed by atoms with Crippen LogP contribution in [0.5, 0.6) is 0 Å². The highest BCUT2D eigenvalue weighted by Gasteiger charge is 2.18. The van der Waals surface area contributed by atoms with Crippen LogP contribution in [0, 0.1) is 0 Å². The van der Waals surface area contributed by atoms with Gasteiger partial charge < -0.3 is 0 Å². The van der Waals surface area contributed by atoms with Crippen LogP contribution in [0.3, 0.4) is 0 Å². The van der Waals surface area contributed by atoms with Gasteiger partial charge in [0.2, 0.25) is 0 Å². The Morgan fingerprint density at radius 2 is 2.08 bits per heavy atom. The Balaban J connectivity index is 1.89. The van der Waals surface area contributed by atoms with Crippen LogP contribution in [-0.2, 0) is 0 Å². The molecular weight excluding hydrogens is 306 g/mol. The molecule has 0 amide bonds. The van der Waals surface area contributed by atoms with E-state index in [1.54, 1.807) is 17.1 Å². The monoisotopic (exact) mass is 321 g/mol. The Hall–Kier alpha value is -3.29. The minimum absolute atomic E-state index is 0.0194. The number of pyridine rings is 1. The highest BCUT2D eigenvalue weighted by Crippen LogP contribution is 2.25. The van der Waals surface area contributed by atoms with Crippen LogP contribution in [0.25, 0.3) is 22.9 Å². The zero-order valence-electron chi connectivity index (χ0n) is 13.2. The van der Waals surface area contributed by atoms with Crippen LogP contribution in [0.1, 0.15) is 25.3 Å². The topological polar surface area (TPSA) is 93.8 Å². The summed E-state index contributed by atoms with van der Waals surface area (Å²) in [6.45, 7) is 3.94. The molecule has 0 radical (unpaired) electrons. The zero-order valence-corrected chi connectivity index (χ0v) is 13.2. The lowest BCUT2D eigenvalue weighted by atomic mass is 9.99. The number of hydrogen-bond acceptors (Lipinski definition) is 5. The molecule has 0 saturated carbocycles. The molecule has 0 saturated heterocycles. The van der Waals surface area contributed by atoms with Gasteiger partial charge in [0.05, 0.1) is 5.69 Å². The van der Waals surface area contributed by atoms with Gasteiger partial charge in [0.1, 0.15) is 6.33 Å². The van der Waals surface area contributed by atoms with Crippen LogP contribution < -0.4 is 5.56 Å². The summed E-state index contributed by atoms with van der Waals surface area (Å²) in [6.07, 6.45) is 6.67. The molecule has 0 atom stereocenters. The number of H-pyrrole nitrogens is 1. The molecule has 8 heteroatoms. The lowest BCUT2D eigenvalue weighted by Gasteiger charge is -2.11. The molecule has 4 aromatic heterocycles. The summed E-state index contributed by atoms with van der Waals surface area (Å²) in [5, 5.41) is 6.95. The van der Waals surface area contributed by atoms with Crippen molar-refractivity contribution < 1.29 is 0 Å². The summed E-state index contributed by atoms with van der Waals surface area (Å²) in [5.74, 6) is 1.06. The smallest absolute Gasteiger partial charge is 0.278 e. The number of nitrogens with one attached hydrogen (secondary N) is 1. The van der Waals surface area contributed by atoms with Gasteiger partial charge in [0, 0.05) is 29.7 Å². The maximum Gasteiger partial charge on any atom is 0.278 e. The highest BCUT2D eigenvalue weighted by atomic mass is 16.1. The Kier molecular flexibility index (Phi) is 3.23. The maximum absolute atomic E-state index is 12.7. The molecule has 8 nitrogen and oxygen atoms in total. The first-order chi connectivity index (χ1) is 11.6. The summed E-state index contributed by atoms with van der Waals surface area (Å²) in [7, 11) is 0. The second kappa shape index (κ2) is 5.41. The minimum Gasteiger partial charge on any atom is -0.278 e. The third-order valence-electron chi connectivity index (χ3n) is 3.81. The Labute approximate surface area is 136 Å². The highest BCUT2D eigenvalue weighted by molar-refractivity contribution is 5.64. The summed E-state index contributed by atoms with van der Waals surface area (Å²) >= 11 is 0. The molecule has 24 heavy (non-hydrogen) atoms. The van der Waals surface area contributed by atoms with Gasteiger partial charge in [-0.1, -0.05) is 13.8 Å². The van der Waals surface area contributed by atoms with Crippen molar-refractivity contribution in [3.63, 3.8) is 0 Å². The lowest BCUT2D eigenvalue weighted by molar-refractivity contribution is 0.796. The summed E-state index contributed by atoms with van der Waals surface area (Å²) in [5.41, 5.74) is 1.88. The molecule has 4 heterocycles. The van der Waals surface area contributed by atoms with E-state index in [4.69, 9.17) is 0 Å². The fraction of sp³-hybridized carbons (Fsp3) is 0.188. The number of aromatic amines is 1. The van der Waals surface area contributed by atoms with E-state index in [-0.39, 0.29) is 11.5 Å². The molecule has 0 aliphatic carbocycles. The second-order valence-corrected chi connectivity index (χ2v) is 5.71. The Bertz CT molecular complexity index is 1040. The number of aromatic nitrogens is 7. The largest absolute Gasteiger partial charge is 0.278 e. The van der Waals surface area contributed by atoms with E-state index in [1.165, 1.54) is 10.8 Å². The van der Waals surface area contributed by atoms with E-state index in [0.717, 1.165) is 5.56 Å². The van der Waals surface area contributed by atoms with Crippen LogP contribution in [0.15, 0.2) is 47.9 Å². The van der Waals surface area contributed by atoms with Gasteiger partial charge in [0.25, 0.3) is 11.3 Å². The zero-order chi connectivity index (χ0) is 16.7. The average molecular weight is 321 g/mol. The molecule has 0 aromatic carbocycles. The third kappa shape index (κ3) is 2.19. The van der Waals surface area contributed by atoms with Crippen molar-refractivity contribution in [3.8, 4) is 17.1 Å². The Morgan fingerprint density at radius 3 is 2.75 bits per heavy atom. The van der Waals surface area contributed by atoms with E-state index >= 15 is 0 Å². The van der Waals surface area contributed by atoms with E-state index in [0.29, 0.717) is 22.9 Å². The van der Waals surface area contributed by atoms with E-state index in [1.807, 2.05) is 38.2 Å². The van der Waals surface area contributed by atoms with Gasteiger partial charge in [-0.15, -0.1) is 0 Å². The van der Waals surface area contributed by atoms with Crippen LogP contribution >= 0.6 is 0 Å². The van der Waals surface area contributed by atoms with Gasteiger partial charge in [-0.25, -0.2) is 19.6 Å². The fourth-order valence-electron chi connectivity index (χ4n) is 2.68. The van der Waals surface area contributed by atoms with Crippen LogP contribution in [0.2, 0.25) is 0 Å². The summed E-state index contributed by atoms with van der Waals surface area (Å²) in [6, 6.07) is 5.57. The minimum atomic E-state index is -0.140. The fourth-order valence-corrected chi connectivity index (χ4v) is 2.68. The summed E-state index contributed by atoms with van der Waals surface area (Å²) < 4.78 is 3.02. The predicted molar refractivity (Wildman–Crippen MR) is 88.0 cm³/mol. The van der Waals surface area contributed by atoms with Gasteiger partial charge >= 0.3 is 0 Å². The molecular formula is C16H15N7O. The molecule has 4 rings (SSSR count). The molecule has 120 valence electrons. The molecule has 0 bridgehead atoms. The van der Waals surface area contributed by atoms with Gasteiger partial charge in [0.15, 0.2) is 5.82 Å². The normalized spacial score (nSPS) is 11.5. The van der Waals surface area contributed by atoms with Crippen molar-refractivity contribution in [1.82, 2.24) is 34.3 Å². The third-order valence-corrected chi connectivity index (χ3v) is 3.81. The standard InChI is InChI=1S/C16H15N7O/c1-10(2)13-14(21-16-18-9-20-23(16)15(13)24)11-4-5-12(17-8-11)22-7-3-6-19-22/h3-10H,1-2H3,(H,18,20,21). The number of hydrogen-bond donors (Lipinski definition) is 1. The first-order valence-corrected chi connectivity index (χ1v) is 7.57. The molecule has 0 spiro atoms. The van der Waals surface area contributed by atoms with Gasteiger partial charge in [-0.3, -0.25) is 9.89 Å². The predicted octanol–water partition coefficient (Wildman–Crippen LogP) is 1.79. The molecule has 0 aliphatic heterocycles. The van der Waals surface area contributed by atoms with E-state index in [9.17, 15) is 4.79 Å².